The Morgan fingerprint density at radius 1 is 1.25 bits per heavy atom. The summed E-state index contributed by atoms with van der Waals surface area (Å²) in [5, 5.41) is 10.4. The third-order valence-corrected chi connectivity index (χ3v) is 3.07. The van der Waals surface area contributed by atoms with Crippen molar-refractivity contribution in [3.63, 3.8) is 0 Å². The molecule has 1 aromatic heterocycles. The molecule has 2 rings (SSSR count). The molecule has 3 heteroatoms. The lowest BCUT2D eigenvalue weighted by Crippen LogP contribution is -1.68. The van der Waals surface area contributed by atoms with Crippen LogP contribution in [0.1, 0.15) is 0 Å². The monoisotopic (exact) mass is 194 g/mol. The molecule has 0 unspecified atom stereocenters. The van der Waals surface area contributed by atoms with Gasteiger partial charge in [-0.25, -0.2) is 0 Å². The molecule has 0 aliphatic rings. The first-order valence-electron chi connectivity index (χ1n) is 3.49. The Morgan fingerprint density at radius 2 is 2.00 bits per heavy atom. The van der Waals surface area contributed by atoms with Crippen LogP contribution in [0.3, 0.4) is 0 Å². The highest BCUT2D eigenvalue weighted by Gasteiger charge is 1.96. The molecule has 1 heterocycles. The minimum atomic E-state index is 0.202. The van der Waals surface area contributed by atoms with Gasteiger partial charge in [-0.05, 0) is 17.5 Å². The highest BCUT2D eigenvalue weighted by Crippen LogP contribution is 2.26. The second-order valence-electron chi connectivity index (χ2n) is 2.46. The Balaban J connectivity index is 2.93. The molecule has 0 radical (unpaired) electrons. The molecule has 0 saturated heterocycles. The molecule has 1 N–H and O–H groups in total. The van der Waals surface area contributed by atoms with Crippen LogP contribution >= 0.6 is 23.6 Å². The Labute approximate surface area is 78.9 Å². The second kappa shape index (κ2) is 2.84. The maximum Gasteiger partial charge on any atom is 0.144 e. The number of benzene rings is 1. The van der Waals surface area contributed by atoms with Crippen LogP contribution < -0.4 is 0 Å². The molecule has 0 bridgehead atoms. The van der Waals surface area contributed by atoms with Crippen LogP contribution in [0, 0.1) is 3.82 Å². The van der Waals surface area contributed by atoms with Crippen LogP contribution in [-0.4, -0.2) is 5.11 Å². The van der Waals surface area contributed by atoms with Crippen LogP contribution in [0.15, 0.2) is 30.3 Å². The second-order valence-corrected chi connectivity index (χ2v) is 4.18. The quantitative estimate of drug-likeness (QED) is 0.649. The molecular weight excluding hydrogens is 188 g/mol. The average molecular weight is 194 g/mol. The third kappa shape index (κ3) is 1.21. The van der Waals surface area contributed by atoms with E-state index in [1.54, 1.807) is 6.07 Å². The van der Waals surface area contributed by atoms with Gasteiger partial charge in [0.1, 0.15) is 9.57 Å². The first-order valence-corrected chi connectivity index (χ1v) is 4.72. The van der Waals surface area contributed by atoms with Gasteiger partial charge in [-0.3, -0.25) is 0 Å². The van der Waals surface area contributed by atoms with Gasteiger partial charge in [0.05, 0.1) is 0 Å². The van der Waals surface area contributed by atoms with E-state index in [2.05, 4.69) is 0 Å². The molecule has 1 nitrogen and oxygen atoms in total. The lowest BCUT2D eigenvalue weighted by atomic mass is 10.2. The van der Waals surface area contributed by atoms with E-state index < -0.39 is 0 Å². The standard InChI is InChI=1S/C9H6OS2/c10-7-5-6-3-1-2-4-8(6)12-9(7)11/h1-5,10H. The highest BCUT2D eigenvalue weighted by atomic mass is 32.1. The van der Waals surface area contributed by atoms with Crippen molar-refractivity contribution in [3.8, 4) is 5.75 Å². The van der Waals surface area contributed by atoms with Crippen molar-refractivity contribution < 1.29 is 5.11 Å². The first-order chi connectivity index (χ1) is 5.77. The van der Waals surface area contributed by atoms with Gasteiger partial charge >= 0.3 is 0 Å². The lowest BCUT2D eigenvalue weighted by Gasteiger charge is -1.96. The van der Waals surface area contributed by atoms with E-state index in [-0.39, 0.29) is 5.75 Å². The summed E-state index contributed by atoms with van der Waals surface area (Å²) >= 11 is 6.38. The van der Waals surface area contributed by atoms with Crippen molar-refractivity contribution in [2.75, 3.05) is 0 Å². The van der Waals surface area contributed by atoms with E-state index in [1.165, 1.54) is 11.3 Å². The molecule has 12 heavy (non-hydrogen) atoms. The minimum Gasteiger partial charge on any atom is -0.506 e. The highest BCUT2D eigenvalue weighted by molar-refractivity contribution is 7.74. The molecule has 0 fully saturated rings. The normalized spacial score (nSPS) is 10.3. The van der Waals surface area contributed by atoms with Crippen molar-refractivity contribution in [2.45, 2.75) is 0 Å². The number of hydrogen-bond donors (Lipinski definition) is 1. The van der Waals surface area contributed by atoms with E-state index >= 15 is 0 Å². The van der Waals surface area contributed by atoms with E-state index in [0.717, 1.165) is 10.1 Å². The summed E-state index contributed by atoms with van der Waals surface area (Å²) in [6, 6.07) is 9.56. The summed E-state index contributed by atoms with van der Waals surface area (Å²) in [6.45, 7) is 0. The number of hydrogen-bond acceptors (Lipinski definition) is 3. The van der Waals surface area contributed by atoms with Gasteiger partial charge in [0.25, 0.3) is 0 Å². The van der Waals surface area contributed by atoms with Gasteiger partial charge in [0, 0.05) is 4.70 Å². The SMILES string of the molecule is Oc1cc2ccccc2sc1=S. The van der Waals surface area contributed by atoms with Crippen molar-refractivity contribution in [1.29, 1.82) is 0 Å². The van der Waals surface area contributed by atoms with E-state index in [4.69, 9.17) is 12.2 Å². The molecule has 1 aromatic carbocycles. The van der Waals surface area contributed by atoms with Crippen LogP contribution in [0.25, 0.3) is 10.1 Å². The molecule has 0 saturated carbocycles. The van der Waals surface area contributed by atoms with Crippen molar-refractivity contribution in [1.82, 2.24) is 0 Å². The third-order valence-electron chi connectivity index (χ3n) is 1.62. The maximum absolute atomic E-state index is 9.32. The summed E-state index contributed by atoms with van der Waals surface area (Å²) in [7, 11) is 0. The molecule has 0 aliphatic carbocycles. The van der Waals surface area contributed by atoms with Gasteiger partial charge in [-0.2, -0.15) is 0 Å². The average Bonchev–Trinajstić information content (AvgIpc) is 2.07. The molecule has 0 atom stereocenters. The van der Waals surface area contributed by atoms with E-state index in [9.17, 15) is 5.11 Å². The summed E-state index contributed by atoms with van der Waals surface area (Å²) in [5.74, 6) is 0.202. The zero-order valence-electron chi connectivity index (χ0n) is 6.15. The first kappa shape index (κ1) is 7.71. The molecule has 60 valence electrons. The molecule has 0 amide bonds. The number of aromatic hydroxyl groups is 1. The van der Waals surface area contributed by atoms with Crippen molar-refractivity contribution >= 4 is 33.6 Å². The fraction of sp³-hybridized carbons (Fsp3) is 0. The molecule has 2 aromatic rings. The summed E-state index contributed by atoms with van der Waals surface area (Å²) in [6.07, 6.45) is 0. The fourth-order valence-corrected chi connectivity index (χ4v) is 2.13. The summed E-state index contributed by atoms with van der Waals surface area (Å²) < 4.78 is 1.66. The van der Waals surface area contributed by atoms with Gasteiger partial charge in [-0.1, -0.05) is 30.4 Å². The predicted octanol–water partition coefficient (Wildman–Crippen LogP) is 3.34. The van der Waals surface area contributed by atoms with Crippen LogP contribution in [0.4, 0.5) is 0 Å². The zero-order chi connectivity index (χ0) is 8.55. The van der Waals surface area contributed by atoms with E-state index in [0.29, 0.717) is 3.82 Å². The predicted molar refractivity (Wildman–Crippen MR) is 54.3 cm³/mol. The molecular formula is C9H6OS2. The Morgan fingerprint density at radius 3 is 2.83 bits per heavy atom. The zero-order valence-corrected chi connectivity index (χ0v) is 7.78. The smallest absolute Gasteiger partial charge is 0.144 e. The van der Waals surface area contributed by atoms with Crippen LogP contribution in [0.2, 0.25) is 0 Å². The number of fused-ring (bicyclic) bond motifs is 1. The Kier molecular flexibility index (Phi) is 1.83. The molecule has 0 aliphatic heterocycles. The number of rotatable bonds is 0. The van der Waals surface area contributed by atoms with Gasteiger partial charge in [-0.15, -0.1) is 11.3 Å². The summed E-state index contributed by atoms with van der Waals surface area (Å²) in [4.78, 5) is 0. The van der Waals surface area contributed by atoms with Gasteiger partial charge in [0.2, 0.25) is 0 Å². The largest absolute Gasteiger partial charge is 0.506 e. The van der Waals surface area contributed by atoms with Crippen LogP contribution in [-0.2, 0) is 0 Å². The minimum absolute atomic E-state index is 0.202. The topological polar surface area (TPSA) is 20.2 Å². The Hall–Kier alpha value is -0.930. The van der Waals surface area contributed by atoms with Crippen molar-refractivity contribution in [2.24, 2.45) is 0 Å². The van der Waals surface area contributed by atoms with Crippen molar-refractivity contribution in [3.05, 3.63) is 34.2 Å². The lowest BCUT2D eigenvalue weighted by molar-refractivity contribution is 0.476. The van der Waals surface area contributed by atoms with E-state index in [1.807, 2.05) is 24.3 Å². The van der Waals surface area contributed by atoms with Gasteiger partial charge < -0.3 is 5.11 Å². The van der Waals surface area contributed by atoms with Crippen LogP contribution in [0.5, 0.6) is 5.75 Å². The van der Waals surface area contributed by atoms with Gasteiger partial charge in [0.15, 0.2) is 0 Å². The molecule has 0 spiro atoms. The fourth-order valence-electron chi connectivity index (χ4n) is 1.05. The maximum atomic E-state index is 9.32. The Bertz CT molecular complexity index is 473. The summed E-state index contributed by atoms with van der Waals surface area (Å²) in [5.41, 5.74) is 0.